The highest BCUT2D eigenvalue weighted by molar-refractivity contribution is 5.29. The lowest BCUT2D eigenvalue weighted by Gasteiger charge is -2.21. The highest BCUT2D eigenvalue weighted by Gasteiger charge is 2.24. The molecule has 4 heteroatoms. The van der Waals surface area contributed by atoms with Crippen LogP contribution in [0.1, 0.15) is 30.0 Å². The van der Waals surface area contributed by atoms with Crippen LogP contribution in [0.25, 0.3) is 0 Å². The minimum absolute atomic E-state index is 0.280. The second-order valence-corrected chi connectivity index (χ2v) is 4.51. The van der Waals surface area contributed by atoms with Crippen LogP contribution in [0.3, 0.4) is 0 Å². The minimum Gasteiger partial charge on any atom is -0.323 e. The van der Waals surface area contributed by atoms with Crippen LogP contribution < -0.4 is 5.73 Å². The summed E-state index contributed by atoms with van der Waals surface area (Å²) in [5.74, 6) is -3.13. The van der Waals surface area contributed by atoms with E-state index in [1.165, 1.54) is 0 Å². The van der Waals surface area contributed by atoms with Crippen LogP contribution in [0.2, 0.25) is 0 Å². The normalized spacial score (nSPS) is 14.2. The number of hydrogen-bond donors (Lipinski definition) is 1. The van der Waals surface area contributed by atoms with E-state index in [1.54, 1.807) is 6.92 Å². The summed E-state index contributed by atoms with van der Waals surface area (Å²) in [5, 5.41) is 0. The molecule has 0 aliphatic carbocycles. The van der Waals surface area contributed by atoms with Crippen molar-refractivity contribution in [2.45, 2.75) is 18.9 Å². The fourth-order valence-corrected chi connectivity index (χ4v) is 2.09. The summed E-state index contributed by atoms with van der Waals surface area (Å²) in [7, 11) is 0. The summed E-state index contributed by atoms with van der Waals surface area (Å²) < 4.78 is 40.2. The van der Waals surface area contributed by atoms with Gasteiger partial charge in [-0.3, -0.25) is 0 Å². The van der Waals surface area contributed by atoms with Gasteiger partial charge < -0.3 is 5.73 Å². The Kier molecular flexibility index (Phi) is 3.90. The maximum absolute atomic E-state index is 13.7. The molecule has 2 atom stereocenters. The molecule has 0 aromatic heterocycles. The van der Waals surface area contributed by atoms with Crippen molar-refractivity contribution in [3.05, 3.63) is 71.0 Å². The van der Waals surface area contributed by atoms with Crippen LogP contribution in [0.4, 0.5) is 13.2 Å². The van der Waals surface area contributed by atoms with E-state index in [4.69, 9.17) is 5.73 Å². The Morgan fingerprint density at radius 3 is 2.00 bits per heavy atom. The molecule has 0 aliphatic heterocycles. The summed E-state index contributed by atoms with van der Waals surface area (Å²) >= 11 is 0. The van der Waals surface area contributed by atoms with Crippen LogP contribution in [-0.4, -0.2) is 0 Å². The van der Waals surface area contributed by atoms with Crippen molar-refractivity contribution in [3.63, 3.8) is 0 Å². The van der Waals surface area contributed by atoms with Gasteiger partial charge in [-0.15, -0.1) is 0 Å². The van der Waals surface area contributed by atoms with Crippen molar-refractivity contribution in [1.29, 1.82) is 0 Å². The SMILES string of the molecule is CC(c1ccccc1)C(N)c1c(F)cc(F)cc1F. The zero-order valence-electron chi connectivity index (χ0n) is 10.4. The van der Waals surface area contributed by atoms with Crippen molar-refractivity contribution in [2.75, 3.05) is 0 Å². The van der Waals surface area contributed by atoms with Crippen molar-refractivity contribution in [3.8, 4) is 0 Å². The van der Waals surface area contributed by atoms with Crippen molar-refractivity contribution in [2.24, 2.45) is 5.73 Å². The first-order valence-electron chi connectivity index (χ1n) is 5.95. The van der Waals surface area contributed by atoms with Crippen LogP contribution in [-0.2, 0) is 0 Å². The van der Waals surface area contributed by atoms with Gasteiger partial charge in [-0.05, 0) is 5.56 Å². The molecule has 2 rings (SSSR count). The smallest absolute Gasteiger partial charge is 0.133 e. The predicted octanol–water partition coefficient (Wildman–Crippen LogP) is 3.91. The van der Waals surface area contributed by atoms with E-state index in [0.29, 0.717) is 12.1 Å². The maximum Gasteiger partial charge on any atom is 0.133 e. The lowest BCUT2D eigenvalue weighted by atomic mass is 9.88. The molecule has 19 heavy (non-hydrogen) atoms. The highest BCUT2D eigenvalue weighted by Crippen LogP contribution is 2.31. The third-order valence-corrected chi connectivity index (χ3v) is 3.24. The molecule has 2 N–H and O–H groups in total. The molecule has 2 aromatic carbocycles. The van der Waals surface area contributed by atoms with Crippen molar-refractivity contribution >= 4 is 0 Å². The first-order valence-corrected chi connectivity index (χ1v) is 5.95. The van der Waals surface area contributed by atoms with E-state index in [2.05, 4.69) is 0 Å². The third-order valence-electron chi connectivity index (χ3n) is 3.24. The quantitative estimate of drug-likeness (QED) is 0.894. The molecule has 100 valence electrons. The minimum atomic E-state index is -0.951. The summed E-state index contributed by atoms with van der Waals surface area (Å²) in [4.78, 5) is 0. The Morgan fingerprint density at radius 1 is 0.947 bits per heavy atom. The third kappa shape index (κ3) is 2.79. The monoisotopic (exact) mass is 265 g/mol. The molecule has 0 radical (unpaired) electrons. The number of nitrogens with two attached hydrogens (primary N) is 1. The Morgan fingerprint density at radius 2 is 1.47 bits per heavy atom. The largest absolute Gasteiger partial charge is 0.323 e. The molecule has 0 fully saturated rings. The zero-order chi connectivity index (χ0) is 14.0. The van der Waals surface area contributed by atoms with Gasteiger partial charge in [-0.2, -0.15) is 0 Å². The Labute approximate surface area is 109 Å². The van der Waals surface area contributed by atoms with E-state index in [-0.39, 0.29) is 11.5 Å². The van der Waals surface area contributed by atoms with Crippen molar-refractivity contribution < 1.29 is 13.2 Å². The van der Waals surface area contributed by atoms with Gasteiger partial charge in [-0.25, -0.2) is 13.2 Å². The summed E-state index contributed by atoms with van der Waals surface area (Å²) in [6, 6.07) is 9.61. The topological polar surface area (TPSA) is 26.0 Å². The van der Waals surface area contributed by atoms with Gasteiger partial charge in [0.25, 0.3) is 0 Å². The fourth-order valence-electron chi connectivity index (χ4n) is 2.09. The summed E-state index contributed by atoms with van der Waals surface area (Å²) in [5.41, 5.74) is 6.51. The van der Waals surface area contributed by atoms with Gasteiger partial charge in [0.1, 0.15) is 17.5 Å². The molecule has 1 nitrogen and oxygen atoms in total. The number of rotatable bonds is 3. The highest BCUT2D eigenvalue weighted by atomic mass is 19.1. The molecular formula is C15H14F3N. The number of benzene rings is 2. The maximum atomic E-state index is 13.7. The van der Waals surface area contributed by atoms with Crippen LogP contribution in [0.15, 0.2) is 42.5 Å². The number of halogens is 3. The molecule has 0 amide bonds. The first kappa shape index (κ1) is 13.6. The van der Waals surface area contributed by atoms with Crippen LogP contribution in [0, 0.1) is 17.5 Å². The second-order valence-electron chi connectivity index (χ2n) is 4.51. The Hall–Kier alpha value is -1.81. The van der Waals surface area contributed by atoms with Crippen LogP contribution in [0.5, 0.6) is 0 Å². The summed E-state index contributed by atoms with van der Waals surface area (Å²) in [6.07, 6.45) is 0. The van der Waals surface area contributed by atoms with E-state index >= 15 is 0 Å². The summed E-state index contributed by atoms with van der Waals surface area (Å²) in [6.45, 7) is 1.78. The van der Waals surface area contributed by atoms with Gasteiger partial charge in [0, 0.05) is 29.7 Å². The van der Waals surface area contributed by atoms with E-state index < -0.39 is 23.5 Å². The lowest BCUT2D eigenvalue weighted by molar-refractivity contribution is 0.479. The average Bonchev–Trinajstić information content (AvgIpc) is 2.37. The molecule has 0 heterocycles. The molecule has 2 unspecified atom stereocenters. The Bertz CT molecular complexity index is 546. The molecule has 0 saturated carbocycles. The van der Waals surface area contributed by atoms with Gasteiger partial charge in [0.05, 0.1) is 0 Å². The molecule has 2 aromatic rings. The van der Waals surface area contributed by atoms with E-state index in [9.17, 15) is 13.2 Å². The first-order chi connectivity index (χ1) is 9.00. The molecule has 0 saturated heterocycles. The van der Waals surface area contributed by atoms with Gasteiger partial charge in [-0.1, -0.05) is 37.3 Å². The predicted molar refractivity (Wildman–Crippen MR) is 68.1 cm³/mol. The Balaban J connectivity index is 2.37. The molecule has 0 aliphatic rings. The van der Waals surface area contributed by atoms with Crippen molar-refractivity contribution in [1.82, 2.24) is 0 Å². The molecular weight excluding hydrogens is 251 g/mol. The van der Waals surface area contributed by atoms with E-state index in [0.717, 1.165) is 5.56 Å². The van der Waals surface area contributed by atoms with Crippen LogP contribution >= 0.6 is 0 Å². The molecule has 0 bridgehead atoms. The van der Waals surface area contributed by atoms with Gasteiger partial charge in [0.15, 0.2) is 0 Å². The molecule has 0 spiro atoms. The second kappa shape index (κ2) is 5.45. The van der Waals surface area contributed by atoms with E-state index in [1.807, 2.05) is 30.3 Å². The lowest BCUT2D eigenvalue weighted by Crippen LogP contribution is -2.20. The zero-order valence-corrected chi connectivity index (χ0v) is 10.4. The van der Waals surface area contributed by atoms with Gasteiger partial charge in [0.2, 0.25) is 0 Å². The van der Waals surface area contributed by atoms with Gasteiger partial charge >= 0.3 is 0 Å². The standard InChI is InChI=1S/C15H14F3N/c1-9(10-5-3-2-4-6-10)15(19)14-12(17)7-11(16)8-13(14)18/h2-9,15H,19H2,1H3. The fraction of sp³-hybridized carbons (Fsp3) is 0.200. The average molecular weight is 265 g/mol. The number of hydrogen-bond acceptors (Lipinski definition) is 1.